The Morgan fingerprint density at radius 3 is 3.07 bits per heavy atom. The van der Waals surface area contributed by atoms with Crippen LogP contribution in [0.2, 0.25) is 0 Å². The zero-order valence-electron chi connectivity index (χ0n) is 7.91. The van der Waals surface area contributed by atoms with Crippen LogP contribution in [0.4, 0.5) is 5.69 Å². The molecular weight excluding hydrogens is 202 g/mol. The van der Waals surface area contributed by atoms with E-state index in [4.69, 9.17) is 10.9 Å². The standard InChI is InChI=1S/C7H11N5O3/c8-7(10-13)2-1-3-11-5-6(4-9-11)12(14)15/h4-5,13H,1-3H2,(H2,8,10). The van der Waals surface area contributed by atoms with Gasteiger partial charge in [-0.3, -0.25) is 14.8 Å². The minimum Gasteiger partial charge on any atom is -0.409 e. The number of oxime groups is 1. The molecule has 1 heterocycles. The number of hydrogen-bond acceptors (Lipinski definition) is 5. The molecule has 0 aliphatic rings. The first-order chi connectivity index (χ1) is 7.13. The SMILES string of the molecule is N/C(CCCn1cc([N+](=O)[O-])cn1)=N/O. The highest BCUT2D eigenvalue weighted by Gasteiger charge is 2.08. The second kappa shape index (κ2) is 4.94. The quantitative estimate of drug-likeness (QED) is 0.240. The van der Waals surface area contributed by atoms with E-state index in [1.54, 1.807) is 0 Å². The Hall–Kier alpha value is -2.12. The molecule has 1 aromatic rings. The minimum atomic E-state index is -0.507. The summed E-state index contributed by atoms with van der Waals surface area (Å²) in [6.07, 6.45) is 3.55. The van der Waals surface area contributed by atoms with Crippen molar-refractivity contribution in [3.8, 4) is 0 Å². The summed E-state index contributed by atoms with van der Waals surface area (Å²) >= 11 is 0. The van der Waals surface area contributed by atoms with Crippen LogP contribution >= 0.6 is 0 Å². The van der Waals surface area contributed by atoms with Crippen LogP contribution in [-0.2, 0) is 6.54 Å². The lowest BCUT2D eigenvalue weighted by Gasteiger charge is -1.99. The van der Waals surface area contributed by atoms with Crippen molar-refractivity contribution in [3.05, 3.63) is 22.5 Å². The Morgan fingerprint density at radius 1 is 1.80 bits per heavy atom. The molecular formula is C7H11N5O3. The fraction of sp³-hybridized carbons (Fsp3) is 0.429. The van der Waals surface area contributed by atoms with E-state index in [0.29, 0.717) is 19.4 Å². The van der Waals surface area contributed by atoms with E-state index in [0.717, 1.165) is 0 Å². The first kappa shape index (κ1) is 11.0. The highest BCUT2D eigenvalue weighted by atomic mass is 16.6. The number of hydrogen-bond donors (Lipinski definition) is 2. The average molecular weight is 213 g/mol. The largest absolute Gasteiger partial charge is 0.409 e. The summed E-state index contributed by atoms with van der Waals surface area (Å²) in [6, 6.07) is 0. The van der Waals surface area contributed by atoms with Gasteiger partial charge in [-0.25, -0.2) is 0 Å². The molecule has 0 amide bonds. The third kappa shape index (κ3) is 3.25. The Balaban J connectivity index is 2.41. The summed E-state index contributed by atoms with van der Waals surface area (Å²) in [7, 11) is 0. The van der Waals surface area contributed by atoms with E-state index in [9.17, 15) is 10.1 Å². The second-order valence-corrected chi connectivity index (χ2v) is 2.91. The normalized spacial score (nSPS) is 11.6. The van der Waals surface area contributed by atoms with Crippen molar-refractivity contribution in [2.24, 2.45) is 10.9 Å². The average Bonchev–Trinajstić information content (AvgIpc) is 2.66. The molecule has 0 aromatic carbocycles. The molecule has 8 heteroatoms. The van der Waals surface area contributed by atoms with E-state index in [-0.39, 0.29) is 11.5 Å². The highest BCUT2D eigenvalue weighted by molar-refractivity contribution is 5.79. The minimum absolute atomic E-state index is 0.0428. The predicted octanol–water partition coefficient (Wildman–Crippen LogP) is 0.318. The molecule has 0 aliphatic heterocycles. The molecule has 0 spiro atoms. The van der Waals surface area contributed by atoms with Crippen molar-refractivity contribution in [1.82, 2.24) is 9.78 Å². The molecule has 0 saturated carbocycles. The summed E-state index contributed by atoms with van der Waals surface area (Å²) in [5.41, 5.74) is 5.21. The van der Waals surface area contributed by atoms with Gasteiger partial charge in [0.05, 0.1) is 4.92 Å². The number of nitrogens with two attached hydrogens (primary N) is 1. The Kier molecular flexibility index (Phi) is 3.61. The lowest BCUT2D eigenvalue weighted by atomic mass is 10.3. The molecule has 82 valence electrons. The number of rotatable bonds is 5. The molecule has 1 rings (SSSR count). The zero-order chi connectivity index (χ0) is 11.3. The summed E-state index contributed by atoms with van der Waals surface area (Å²) < 4.78 is 1.45. The van der Waals surface area contributed by atoms with E-state index in [1.165, 1.54) is 17.1 Å². The number of nitrogens with zero attached hydrogens (tertiary/aromatic N) is 4. The lowest BCUT2D eigenvalue weighted by molar-refractivity contribution is -0.385. The predicted molar refractivity (Wildman–Crippen MR) is 51.5 cm³/mol. The molecule has 0 bridgehead atoms. The van der Waals surface area contributed by atoms with Gasteiger partial charge in [0.15, 0.2) is 0 Å². The second-order valence-electron chi connectivity index (χ2n) is 2.91. The molecule has 8 nitrogen and oxygen atoms in total. The van der Waals surface area contributed by atoms with Crippen LogP contribution in [0.15, 0.2) is 17.5 Å². The topological polar surface area (TPSA) is 120 Å². The van der Waals surface area contributed by atoms with Gasteiger partial charge in [0.1, 0.15) is 18.2 Å². The van der Waals surface area contributed by atoms with Crippen LogP contribution in [-0.4, -0.2) is 25.7 Å². The van der Waals surface area contributed by atoms with Gasteiger partial charge in [-0.1, -0.05) is 5.16 Å². The molecule has 15 heavy (non-hydrogen) atoms. The fourth-order valence-electron chi connectivity index (χ4n) is 1.04. The highest BCUT2D eigenvalue weighted by Crippen LogP contribution is 2.08. The summed E-state index contributed by atoms with van der Waals surface area (Å²) in [6.45, 7) is 0.490. The molecule has 0 saturated heterocycles. The van der Waals surface area contributed by atoms with E-state index in [2.05, 4.69) is 10.3 Å². The van der Waals surface area contributed by atoms with Crippen LogP contribution < -0.4 is 5.73 Å². The summed E-state index contributed by atoms with van der Waals surface area (Å²) in [5, 5.41) is 25.2. The maximum atomic E-state index is 10.3. The molecule has 0 radical (unpaired) electrons. The van der Waals surface area contributed by atoms with Gasteiger partial charge < -0.3 is 10.9 Å². The number of aromatic nitrogens is 2. The molecule has 0 fully saturated rings. The molecule has 1 aromatic heterocycles. The van der Waals surface area contributed by atoms with Crippen LogP contribution in [0, 0.1) is 10.1 Å². The fourth-order valence-corrected chi connectivity index (χ4v) is 1.04. The van der Waals surface area contributed by atoms with Crippen molar-refractivity contribution in [1.29, 1.82) is 0 Å². The zero-order valence-corrected chi connectivity index (χ0v) is 7.91. The third-order valence-electron chi connectivity index (χ3n) is 1.78. The van der Waals surface area contributed by atoms with Gasteiger partial charge in [-0.2, -0.15) is 5.10 Å². The molecule has 0 aliphatic carbocycles. The van der Waals surface area contributed by atoms with Gasteiger partial charge in [-0.05, 0) is 6.42 Å². The van der Waals surface area contributed by atoms with Gasteiger partial charge in [-0.15, -0.1) is 0 Å². The van der Waals surface area contributed by atoms with Crippen molar-refractivity contribution >= 4 is 11.5 Å². The summed E-state index contributed by atoms with van der Waals surface area (Å²) in [4.78, 5) is 9.82. The van der Waals surface area contributed by atoms with E-state index in [1.807, 2.05) is 0 Å². The van der Waals surface area contributed by atoms with E-state index < -0.39 is 4.92 Å². The van der Waals surface area contributed by atoms with Crippen molar-refractivity contribution in [2.45, 2.75) is 19.4 Å². The maximum Gasteiger partial charge on any atom is 0.306 e. The molecule has 0 atom stereocenters. The van der Waals surface area contributed by atoms with Gasteiger partial charge in [0.2, 0.25) is 0 Å². The van der Waals surface area contributed by atoms with Crippen LogP contribution in [0.3, 0.4) is 0 Å². The number of amidine groups is 1. The number of nitro groups is 1. The van der Waals surface area contributed by atoms with E-state index >= 15 is 0 Å². The van der Waals surface area contributed by atoms with Gasteiger partial charge in [0.25, 0.3) is 0 Å². The van der Waals surface area contributed by atoms with Gasteiger partial charge >= 0.3 is 5.69 Å². The monoisotopic (exact) mass is 213 g/mol. The Bertz CT molecular complexity index is 372. The lowest BCUT2D eigenvalue weighted by Crippen LogP contribution is -2.12. The van der Waals surface area contributed by atoms with Crippen molar-refractivity contribution < 1.29 is 10.1 Å². The van der Waals surface area contributed by atoms with Crippen molar-refractivity contribution in [3.63, 3.8) is 0 Å². The first-order valence-corrected chi connectivity index (χ1v) is 4.26. The number of aryl methyl sites for hydroxylation is 1. The molecule has 3 N–H and O–H groups in total. The Labute approximate surface area is 85.1 Å². The maximum absolute atomic E-state index is 10.3. The van der Waals surface area contributed by atoms with Crippen LogP contribution in [0.1, 0.15) is 12.8 Å². The van der Waals surface area contributed by atoms with Crippen molar-refractivity contribution in [2.75, 3.05) is 0 Å². The molecule has 0 unspecified atom stereocenters. The smallest absolute Gasteiger partial charge is 0.306 e. The van der Waals surface area contributed by atoms with Gasteiger partial charge in [0, 0.05) is 13.0 Å². The first-order valence-electron chi connectivity index (χ1n) is 4.26. The van der Waals surface area contributed by atoms with Crippen LogP contribution in [0.25, 0.3) is 0 Å². The Morgan fingerprint density at radius 2 is 2.53 bits per heavy atom. The van der Waals surface area contributed by atoms with Crippen LogP contribution in [0.5, 0.6) is 0 Å². The summed E-state index contributed by atoms with van der Waals surface area (Å²) in [5.74, 6) is 0.136. The third-order valence-corrected chi connectivity index (χ3v) is 1.78.